The van der Waals surface area contributed by atoms with Crippen molar-refractivity contribution >= 4 is 44.2 Å². The molecule has 3 aromatic rings. The van der Waals surface area contributed by atoms with Crippen molar-refractivity contribution in [2.24, 2.45) is 0 Å². The molecule has 0 aromatic heterocycles. The van der Waals surface area contributed by atoms with Gasteiger partial charge in [-0.15, -0.1) is 0 Å². The predicted molar refractivity (Wildman–Crippen MR) is 112 cm³/mol. The molecule has 0 unspecified atom stereocenters. The Morgan fingerprint density at radius 2 is 1.67 bits per heavy atom. The number of anilines is 1. The van der Waals surface area contributed by atoms with Crippen molar-refractivity contribution < 1.29 is 17.9 Å². The highest BCUT2D eigenvalue weighted by atomic mass is 127. The molecule has 0 radical (unpaired) electrons. The summed E-state index contributed by atoms with van der Waals surface area (Å²) in [6.45, 7) is 0. The molecule has 0 aliphatic carbocycles. The molecule has 1 heterocycles. The van der Waals surface area contributed by atoms with Crippen molar-refractivity contribution in [1.82, 2.24) is 0 Å². The Balaban J connectivity index is 1.97. The number of methoxy groups -OCH3 is 1. The highest BCUT2D eigenvalue weighted by Crippen LogP contribution is 2.44. The summed E-state index contributed by atoms with van der Waals surface area (Å²) in [5, 5.41) is 0. The zero-order valence-electron chi connectivity index (χ0n) is 14.2. The summed E-state index contributed by atoms with van der Waals surface area (Å²) in [7, 11) is -2.49. The number of ether oxygens (including phenoxy) is 1. The van der Waals surface area contributed by atoms with Gasteiger partial charge in [-0.05, 0) is 71.1 Å². The molecule has 7 heteroatoms. The van der Waals surface area contributed by atoms with Crippen molar-refractivity contribution in [3.8, 4) is 16.9 Å². The van der Waals surface area contributed by atoms with Crippen molar-refractivity contribution in [1.29, 1.82) is 0 Å². The minimum atomic E-state index is -4.03. The molecule has 0 atom stereocenters. The standard InChI is InChI=1S/C20H14INO4S/c1-26-15-10-11-18-17(12-15)16-4-2-3-5-19(16)27(24,25)22(18)20(23)13-6-8-14(21)9-7-13/h2-12H,1H3. The van der Waals surface area contributed by atoms with Gasteiger partial charge in [0, 0.05) is 20.3 Å². The first kappa shape index (κ1) is 18.0. The summed E-state index contributed by atoms with van der Waals surface area (Å²) < 4.78 is 33.7. The van der Waals surface area contributed by atoms with E-state index >= 15 is 0 Å². The van der Waals surface area contributed by atoms with Crippen LogP contribution >= 0.6 is 22.6 Å². The lowest BCUT2D eigenvalue weighted by molar-refractivity contribution is 0.100. The maximum absolute atomic E-state index is 13.3. The van der Waals surface area contributed by atoms with Crippen LogP contribution < -0.4 is 9.04 Å². The summed E-state index contributed by atoms with van der Waals surface area (Å²) in [5.74, 6) is -0.00293. The molecule has 1 amide bonds. The Kier molecular flexibility index (Phi) is 4.43. The summed E-state index contributed by atoms with van der Waals surface area (Å²) >= 11 is 2.13. The monoisotopic (exact) mass is 491 g/mol. The SMILES string of the molecule is COc1ccc2c(c1)-c1ccccc1S(=O)(=O)N2C(=O)c1ccc(I)cc1. The van der Waals surface area contributed by atoms with E-state index in [-0.39, 0.29) is 4.90 Å². The van der Waals surface area contributed by atoms with Crippen molar-refractivity contribution in [3.05, 3.63) is 75.9 Å². The van der Waals surface area contributed by atoms with Gasteiger partial charge in [0.1, 0.15) is 5.75 Å². The number of hydrogen-bond acceptors (Lipinski definition) is 4. The Bertz CT molecular complexity index is 1160. The van der Waals surface area contributed by atoms with Crippen LogP contribution in [0.4, 0.5) is 5.69 Å². The largest absolute Gasteiger partial charge is 0.497 e. The van der Waals surface area contributed by atoms with Gasteiger partial charge in [-0.1, -0.05) is 18.2 Å². The molecule has 0 fully saturated rings. The van der Waals surface area contributed by atoms with Crippen LogP contribution in [0.15, 0.2) is 71.6 Å². The van der Waals surface area contributed by atoms with Gasteiger partial charge < -0.3 is 4.74 Å². The second-order valence-corrected chi connectivity index (χ2v) is 8.96. The number of hydrogen-bond donors (Lipinski definition) is 0. The average Bonchev–Trinajstić information content (AvgIpc) is 2.68. The number of halogens is 1. The highest BCUT2D eigenvalue weighted by molar-refractivity contribution is 14.1. The molecule has 0 spiro atoms. The first-order chi connectivity index (χ1) is 12.9. The summed E-state index contributed by atoms with van der Waals surface area (Å²) in [6.07, 6.45) is 0. The minimum Gasteiger partial charge on any atom is -0.497 e. The first-order valence-corrected chi connectivity index (χ1v) is 10.6. The van der Waals surface area contributed by atoms with E-state index in [0.717, 1.165) is 7.88 Å². The molecule has 0 saturated heterocycles. The van der Waals surface area contributed by atoms with E-state index in [2.05, 4.69) is 22.6 Å². The van der Waals surface area contributed by atoms with Crippen molar-refractivity contribution in [3.63, 3.8) is 0 Å². The van der Waals surface area contributed by atoms with Crippen LogP contribution in [0.25, 0.3) is 11.1 Å². The van der Waals surface area contributed by atoms with Gasteiger partial charge in [0.15, 0.2) is 0 Å². The van der Waals surface area contributed by atoms with Crippen LogP contribution in [-0.4, -0.2) is 21.4 Å². The number of sulfonamides is 1. The molecule has 1 aliphatic rings. The maximum Gasteiger partial charge on any atom is 0.272 e. The van der Waals surface area contributed by atoms with Gasteiger partial charge in [-0.3, -0.25) is 4.79 Å². The highest BCUT2D eigenvalue weighted by Gasteiger charge is 2.39. The van der Waals surface area contributed by atoms with E-state index in [1.165, 1.54) is 6.07 Å². The van der Waals surface area contributed by atoms with Gasteiger partial charge in [-0.25, -0.2) is 8.42 Å². The molecule has 0 saturated carbocycles. The summed E-state index contributed by atoms with van der Waals surface area (Å²) in [6, 6.07) is 18.5. The minimum absolute atomic E-state index is 0.101. The number of rotatable bonds is 2. The normalized spacial score (nSPS) is 14.2. The van der Waals surface area contributed by atoms with Crippen LogP contribution in [0.3, 0.4) is 0 Å². The van der Waals surface area contributed by atoms with Crippen molar-refractivity contribution in [2.75, 3.05) is 11.4 Å². The average molecular weight is 491 g/mol. The van der Waals surface area contributed by atoms with Gasteiger partial charge in [0.2, 0.25) is 0 Å². The molecule has 27 heavy (non-hydrogen) atoms. The number of fused-ring (bicyclic) bond motifs is 3. The van der Waals surface area contributed by atoms with Crippen molar-refractivity contribution in [2.45, 2.75) is 4.90 Å². The lowest BCUT2D eigenvalue weighted by atomic mass is 10.0. The molecular formula is C20H14INO4S. The zero-order valence-corrected chi connectivity index (χ0v) is 17.2. The Morgan fingerprint density at radius 1 is 0.963 bits per heavy atom. The van der Waals surface area contributed by atoms with E-state index in [4.69, 9.17) is 4.74 Å². The quantitative estimate of drug-likeness (QED) is 0.502. The third-order valence-electron chi connectivity index (χ3n) is 4.39. The smallest absolute Gasteiger partial charge is 0.272 e. The Morgan fingerprint density at radius 3 is 2.37 bits per heavy atom. The number of amides is 1. The molecule has 1 aliphatic heterocycles. The molecule has 0 bridgehead atoms. The summed E-state index contributed by atoms with van der Waals surface area (Å²) in [5.41, 5.74) is 1.81. The Labute approximate surface area is 170 Å². The molecule has 0 N–H and O–H groups in total. The number of benzene rings is 3. The van der Waals surface area contributed by atoms with E-state index in [1.807, 2.05) is 0 Å². The molecule has 136 valence electrons. The van der Waals surface area contributed by atoms with Crippen LogP contribution in [0.2, 0.25) is 0 Å². The number of carbonyl (C=O) groups is 1. The second kappa shape index (κ2) is 6.65. The van der Waals surface area contributed by atoms with Gasteiger partial charge in [0.25, 0.3) is 15.9 Å². The third-order valence-corrected chi connectivity index (χ3v) is 6.87. The maximum atomic E-state index is 13.3. The fourth-order valence-corrected chi connectivity index (χ4v) is 5.11. The topological polar surface area (TPSA) is 63.7 Å². The molecular weight excluding hydrogens is 477 g/mol. The van der Waals surface area contributed by atoms with Gasteiger partial charge >= 0.3 is 0 Å². The number of nitrogens with zero attached hydrogens (tertiary/aromatic N) is 1. The van der Waals surface area contributed by atoms with Gasteiger partial charge in [0.05, 0.1) is 17.7 Å². The fourth-order valence-electron chi connectivity index (χ4n) is 3.11. The molecule has 4 rings (SSSR count). The van der Waals surface area contributed by atoms with E-state index < -0.39 is 15.9 Å². The fraction of sp³-hybridized carbons (Fsp3) is 0.0500. The lowest BCUT2D eigenvalue weighted by Gasteiger charge is -2.30. The molecule has 3 aromatic carbocycles. The lowest BCUT2D eigenvalue weighted by Crippen LogP contribution is -2.39. The zero-order chi connectivity index (χ0) is 19.2. The van der Waals surface area contributed by atoms with Crippen LogP contribution in [-0.2, 0) is 10.0 Å². The van der Waals surface area contributed by atoms with E-state index in [0.29, 0.717) is 28.1 Å². The predicted octanol–water partition coefficient (Wildman–Crippen LogP) is 4.32. The van der Waals surface area contributed by atoms with E-state index in [9.17, 15) is 13.2 Å². The number of carbonyl (C=O) groups excluding carboxylic acids is 1. The summed E-state index contributed by atoms with van der Waals surface area (Å²) in [4.78, 5) is 13.3. The van der Waals surface area contributed by atoms with E-state index in [1.54, 1.807) is 67.8 Å². The molecule has 5 nitrogen and oxygen atoms in total. The van der Waals surface area contributed by atoms with Crippen LogP contribution in [0, 0.1) is 3.57 Å². The Hall–Kier alpha value is -2.39. The first-order valence-electron chi connectivity index (χ1n) is 8.06. The van der Waals surface area contributed by atoms with Crippen LogP contribution in [0.5, 0.6) is 5.75 Å². The van der Waals surface area contributed by atoms with Crippen LogP contribution in [0.1, 0.15) is 10.4 Å². The van der Waals surface area contributed by atoms with Gasteiger partial charge in [-0.2, -0.15) is 4.31 Å². The third kappa shape index (κ3) is 2.90. The second-order valence-electron chi connectivity index (χ2n) is 5.96.